The number of ether oxygens (including phenoxy) is 1. The van der Waals surface area contributed by atoms with Crippen molar-refractivity contribution in [1.29, 1.82) is 0 Å². The third-order valence-electron chi connectivity index (χ3n) is 2.67. The molecule has 0 aliphatic carbocycles. The normalized spacial score (nSPS) is 10.8. The molecule has 0 spiro atoms. The molecule has 0 saturated carbocycles. The highest BCUT2D eigenvalue weighted by Gasteiger charge is 2.11. The molecular formula is C13H14ClNO2. The van der Waals surface area contributed by atoms with Crippen molar-refractivity contribution in [3.05, 3.63) is 35.0 Å². The predicted molar refractivity (Wildman–Crippen MR) is 68.3 cm³/mol. The van der Waals surface area contributed by atoms with Gasteiger partial charge in [-0.05, 0) is 30.7 Å². The summed E-state index contributed by atoms with van der Waals surface area (Å²) in [6.07, 6.45) is 2.23. The number of aromatic nitrogens is 1. The van der Waals surface area contributed by atoms with E-state index in [4.69, 9.17) is 16.3 Å². The second kappa shape index (κ2) is 4.80. The van der Waals surface area contributed by atoms with Gasteiger partial charge in [-0.15, -0.1) is 0 Å². The lowest BCUT2D eigenvalue weighted by molar-refractivity contribution is -0.142. The summed E-state index contributed by atoms with van der Waals surface area (Å²) in [4.78, 5) is 11.5. The van der Waals surface area contributed by atoms with Crippen LogP contribution in [0.3, 0.4) is 0 Å². The van der Waals surface area contributed by atoms with Gasteiger partial charge < -0.3 is 9.30 Å². The Labute approximate surface area is 105 Å². The van der Waals surface area contributed by atoms with E-state index in [1.54, 1.807) is 6.92 Å². The van der Waals surface area contributed by atoms with E-state index in [2.05, 4.69) is 0 Å². The van der Waals surface area contributed by atoms with Crippen LogP contribution in [0.5, 0.6) is 0 Å². The maximum absolute atomic E-state index is 11.5. The summed E-state index contributed by atoms with van der Waals surface area (Å²) in [6, 6.07) is 5.68. The summed E-state index contributed by atoms with van der Waals surface area (Å²) in [5.74, 6) is -0.208. The molecule has 3 nitrogen and oxygen atoms in total. The van der Waals surface area contributed by atoms with Crippen molar-refractivity contribution in [2.45, 2.75) is 13.3 Å². The number of fused-ring (bicyclic) bond motifs is 1. The Balaban J connectivity index is 2.40. The van der Waals surface area contributed by atoms with Crippen LogP contribution in [0.4, 0.5) is 0 Å². The molecular weight excluding hydrogens is 238 g/mol. The van der Waals surface area contributed by atoms with Crippen LogP contribution in [-0.2, 0) is 23.0 Å². The van der Waals surface area contributed by atoms with Gasteiger partial charge in [-0.1, -0.05) is 11.6 Å². The largest absolute Gasteiger partial charge is 0.466 e. The molecule has 2 aromatic rings. The van der Waals surface area contributed by atoms with Gasteiger partial charge in [-0.2, -0.15) is 0 Å². The van der Waals surface area contributed by atoms with Crippen molar-refractivity contribution in [1.82, 2.24) is 4.57 Å². The molecule has 1 aromatic carbocycles. The van der Waals surface area contributed by atoms with Crippen molar-refractivity contribution < 1.29 is 9.53 Å². The van der Waals surface area contributed by atoms with E-state index >= 15 is 0 Å². The van der Waals surface area contributed by atoms with E-state index in [1.165, 1.54) is 0 Å². The van der Waals surface area contributed by atoms with Crippen LogP contribution >= 0.6 is 11.6 Å². The molecule has 0 aliphatic heterocycles. The number of rotatable bonds is 3. The van der Waals surface area contributed by atoms with Gasteiger partial charge in [-0.3, -0.25) is 4.79 Å². The van der Waals surface area contributed by atoms with Crippen molar-refractivity contribution in [3.63, 3.8) is 0 Å². The molecule has 0 N–H and O–H groups in total. The van der Waals surface area contributed by atoms with Gasteiger partial charge in [0.15, 0.2) is 0 Å². The quantitative estimate of drug-likeness (QED) is 0.786. The number of hydrogen-bond donors (Lipinski definition) is 0. The highest BCUT2D eigenvalue weighted by atomic mass is 35.5. The Hall–Kier alpha value is -1.48. The second-order valence-electron chi connectivity index (χ2n) is 3.91. The van der Waals surface area contributed by atoms with E-state index in [0.717, 1.165) is 16.5 Å². The fraction of sp³-hybridized carbons (Fsp3) is 0.308. The van der Waals surface area contributed by atoms with E-state index in [0.29, 0.717) is 11.6 Å². The lowest BCUT2D eigenvalue weighted by Gasteiger charge is -2.00. The van der Waals surface area contributed by atoms with Gasteiger partial charge in [0.1, 0.15) is 0 Å². The predicted octanol–water partition coefficient (Wildman–Crippen LogP) is 2.94. The van der Waals surface area contributed by atoms with Gasteiger partial charge in [0.05, 0.1) is 13.0 Å². The summed E-state index contributed by atoms with van der Waals surface area (Å²) in [5.41, 5.74) is 2.01. The third kappa shape index (κ3) is 2.44. The van der Waals surface area contributed by atoms with Crippen LogP contribution in [0.15, 0.2) is 24.4 Å². The smallest absolute Gasteiger partial charge is 0.310 e. The van der Waals surface area contributed by atoms with Crippen LogP contribution in [-0.4, -0.2) is 17.1 Å². The summed E-state index contributed by atoms with van der Waals surface area (Å²) < 4.78 is 6.94. The Morgan fingerprint density at radius 2 is 2.24 bits per heavy atom. The van der Waals surface area contributed by atoms with E-state index in [9.17, 15) is 4.79 Å². The Kier molecular flexibility index (Phi) is 3.38. The molecule has 17 heavy (non-hydrogen) atoms. The molecule has 0 aliphatic rings. The Morgan fingerprint density at radius 1 is 1.47 bits per heavy atom. The number of aryl methyl sites for hydroxylation is 1. The van der Waals surface area contributed by atoms with Crippen LogP contribution in [0, 0.1) is 0 Å². The minimum Gasteiger partial charge on any atom is -0.466 e. The standard InChI is InChI=1S/C13H14ClNO2/c1-3-17-13(16)6-9-8-15(2)12-5-4-10(14)7-11(9)12/h4-5,7-8H,3,6H2,1-2H3. The molecule has 0 radical (unpaired) electrons. The molecule has 1 aromatic heterocycles. The third-order valence-corrected chi connectivity index (χ3v) is 2.91. The maximum Gasteiger partial charge on any atom is 0.310 e. The lowest BCUT2D eigenvalue weighted by atomic mass is 10.1. The van der Waals surface area contributed by atoms with Crippen LogP contribution in [0.2, 0.25) is 5.02 Å². The molecule has 0 fully saturated rings. The Bertz CT molecular complexity index is 560. The molecule has 0 saturated heterocycles. The molecule has 4 heteroatoms. The zero-order valence-electron chi connectivity index (χ0n) is 9.87. The molecule has 0 bridgehead atoms. The van der Waals surface area contributed by atoms with Gasteiger partial charge in [0, 0.05) is 29.2 Å². The maximum atomic E-state index is 11.5. The minimum atomic E-state index is -0.208. The van der Waals surface area contributed by atoms with E-state index in [1.807, 2.05) is 36.0 Å². The first kappa shape index (κ1) is 12.0. The van der Waals surface area contributed by atoms with E-state index < -0.39 is 0 Å². The number of benzene rings is 1. The van der Waals surface area contributed by atoms with Crippen molar-refractivity contribution >= 4 is 28.5 Å². The average Bonchev–Trinajstić information content (AvgIpc) is 2.55. The molecule has 0 atom stereocenters. The molecule has 90 valence electrons. The van der Waals surface area contributed by atoms with Crippen molar-refractivity contribution in [3.8, 4) is 0 Å². The first-order valence-corrected chi connectivity index (χ1v) is 5.88. The number of nitrogens with zero attached hydrogens (tertiary/aromatic N) is 1. The highest BCUT2D eigenvalue weighted by molar-refractivity contribution is 6.31. The van der Waals surface area contributed by atoms with Gasteiger partial charge in [-0.25, -0.2) is 0 Å². The lowest BCUT2D eigenvalue weighted by Crippen LogP contribution is -2.07. The molecule has 1 heterocycles. The number of hydrogen-bond acceptors (Lipinski definition) is 2. The summed E-state index contributed by atoms with van der Waals surface area (Å²) >= 11 is 5.97. The average molecular weight is 252 g/mol. The number of carbonyl (C=O) groups is 1. The van der Waals surface area contributed by atoms with Gasteiger partial charge in [0.2, 0.25) is 0 Å². The Morgan fingerprint density at radius 3 is 2.94 bits per heavy atom. The first-order valence-electron chi connectivity index (χ1n) is 5.51. The summed E-state index contributed by atoms with van der Waals surface area (Å²) in [6.45, 7) is 2.21. The monoisotopic (exact) mass is 251 g/mol. The number of carbonyl (C=O) groups excluding carboxylic acids is 1. The molecule has 0 unspecified atom stereocenters. The molecule has 0 amide bonds. The zero-order chi connectivity index (χ0) is 12.4. The van der Waals surface area contributed by atoms with Crippen LogP contribution in [0.25, 0.3) is 10.9 Å². The van der Waals surface area contributed by atoms with Crippen molar-refractivity contribution in [2.75, 3.05) is 6.61 Å². The number of esters is 1. The fourth-order valence-electron chi connectivity index (χ4n) is 1.95. The SMILES string of the molecule is CCOC(=O)Cc1cn(C)c2ccc(Cl)cc12. The topological polar surface area (TPSA) is 31.2 Å². The molecule has 2 rings (SSSR count). The van der Waals surface area contributed by atoms with E-state index in [-0.39, 0.29) is 12.4 Å². The first-order chi connectivity index (χ1) is 8.11. The van der Waals surface area contributed by atoms with Gasteiger partial charge >= 0.3 is 5.97 Å². The van der Waals surface area contributed by atoms with Gasteiger partial charge in [0.25, 0.3) is 0 Å². The van der Waals surface area contributed by atoms with Crippen LogP contribution < -0.4 is 0 Å². The fourth-order valence-corrected chi connectivity index (χ4v) is 2.13. The highest BCUT2D eigenvalue weighted by Crippen LogP contribution is 2.24. The summed E-state index contributed by atoms with van der Waals surface area (Å²) in [7, 11) is 1.95. The summed E-state index contributed by atoms with van der Waals surface area (Å²) in [5, 5.41) is 1.68. The second-order valence-corrected chi connectivity index (χ2v) is 4.34. The van der Waals surface area contributed by atoms with Crippen LogP contribution in [0.1, 0.15) is 12.5 Å². The van der Waals surface area contributed by atoms with Crippen molar-refractivity contribution in [2.24, 2.45) is 7.05 Å². The zero-order valence-corrected chi connectivity index (χ0v) is 10.6. The minimum absolute atomic E-state index is 0.208. The number of halogens is 1.